The van der Waals surface area contributed by atoms with Crippen LogP contribution in [0.15, 0.2) is 18.2 Å². The Morgan fingerprint density at radius 1 is 1.20 bits per heavy atom. The number of carbonyl (C=O) groups is 2. The quantitative estimate of drug-likeness (QED) is 0.752. The fraction of sp³-hybridized carbons (Fsp3) is 0.556. The number of amides is 1. The minimum atomic E-state index is -0.633. The Labute approximate surface area is 158 Å². The zero-order chi connectivity index (χ0) is 18.4. The van der Waals surface area contributed by atoms with Crippen LogP contribution in [0.25, 0.3) is 0 Å². The van der Waals surface area contributed by atoms with Crippen molar-refractivity contribution in [3.63, 3.8) is 0 Å². The van der Waals surface area contributed by atoms with Crippen molar-refractivity contribution in [2.24, 2.45) is 11.8 Å². The van der Waals surface area contributed by atoms with Gasteiger partial charge >= 0.3 is 5.97 Å². The van der Waals surface area contributed by atoms with Gasteiger partial charge in [-0.25, -0.2) is 4.79 Å². The van der Waals surface area contributed by atoms with E-state index >= 15 is 0 Å². The lowest BCUT2D eigenvalue weighted by Gasteiger charge is -2.34. The molecule has 1 aliphatic carbocycles. The molecule has 0 heterocycles. The zero-order valence-electron chi connectivity index (χ0n) is 14.4. The highest BCUT2D eigenvalue weighted by Crippen LogP contribution is 2.29. The molecule has 0 aliphatic heterocycles. The molecule has 2 rings (SSSR count). The van der Waals surface area contributed by atoms with Crippen LogP contribution in [0.4, 0.5) is 0 Å². The van der Waals surface area contributed by atoms with Crippen LogP contribution < -0.4 is 10.1 Å². The van der Waals surface area contributed by atoms with E-state index in [-0.39, 0.29) is 25.2 Å². The van der Waals surface area contributed by atoms with Gasteiger partial charge in [0.1, 0.15) is 5.75 Å². The van der Waals surface area contributed by atoms with Crippen molar-refractivity contribution in [3.8, 4) is 5.75 Å². The largest absolute Gasteiger partial charge is 0.480 e. The van der Waals surface area contributed by atoms with E-state index in [1.54, 1.807) is 12.1 Å². The summed E-state index contributed by atoms with van der Waals surface area (Å²) in [5, 5.41) is 3.73. The number of carbonyl (C=O) groups excluding carboxylic acids is 2. The summed E-state index contributed by atoms with van der Waals surface area (Å²) in [5.74, 6) is 0.412. The van der Waals surface area contributed by atoms with Crippen molar-refractivity contribution in [2.75, 3.05) is 13.2 Å². The number of ether oxygens (including phenoxy) is 2. The maximum atomic E-state index is 12.0. The molecule has 0 bridgehead atoms. The first-order valence-corrected chi connectivity index (χ1v) is 9.15. The summed E-state index contributed by atoms with van der Waals surface area (Å²) in [6.45, 7) is 3.70. The van der Waals surface area contributed by atoms with Crippen molar-refractivity contribution in [1.29, 1.82) is 0 Å². The van der Waals surface area contributed by atoms with E-state index in [0.29, 0.717) is 27.6 Å². The van der Waals surface area contributed by atoms with E-state index in [2.05, 4.69) is 19.2 Å². The van der Waals surface area contributed by atoms with Gasteiger partial charge in [-0.2, -0.15) is 0 Å². The van der Waals surface area contributed by atoms with Gasteiger partial charge in [0.15, 0.2) is 13.2 Å². The summed E-state index contributed by atoms with van der Waals surface area (Å²) in [6, 6.07) is 4.83. The van der Waals surface area contributed by atoms with Crippen molar-refractivity contribution in [1.82, 2.24) is 5.32 Å². The van der Waals surface area contributed by atoms with E-state index < -0.39 is 5.97 Å². The maximum absolute atomic E-state index is 12.0. The normalized spacial score (nSPS) is 23.0. The molecule has 7 heteroatoms. The van der Waals surface area contributed by atoms with Crippen LogP contribution in [0.1, 0.15) is 33.1 Å². The standard InChI is InChI=1S/C18H23Cl2NO4/c1-11-4-3-5-15(12(11)2)21-17(22)9-25-18(23)10-24-16-7-6-13(19)8-14(16)20/h6-8,11-12,15H,3-5,9-10H2,1-2H3,(H,21,22)/t11-,12-,15+/m1/s1. The molecule has 1 aromatic carbocycles. The van der Waals surface area contributed by atoms with Gasteiger partial charge in [0, 0.05) is 11.1 Å². The van der Waals surface area contributed by atoms with E-state index in [1.165, 1.54) is 12.5 Å². The molecule has 0 spiro atoms. The molecule has 5 nitrogen and oxygen atoms in total. The molecule has 0 unspecified atom stereocenters. The predicted molar refractivity (Wildman–Crippen MR) is 97.0 cm³/mol. The molecular formula is C18H23Cl2NO4. The summed E-state index contributed by atoms with van der Waals surface area (Å²) < 4.78 is 10.2. The highest BCUT2D eigenvalue weighted by molar-refractivity contribution is 6.35. The average molecular weight is 388 g/mol. The fourth-order valence-corrected chi connectivity index (χ4v) is 3.41. The number of halogens is 2. The average Bonchev–Trinajstić information content (AvgIpc) is 2.56. The van der Waals surface area contributed by atoms with E-state index in [1.807, 2.05) is 0 Å². The molecule has 25 heavy (non-hydrogen) atoms. The van der Waals surface area contributed by atoms with Crippen LogP contribution in [0.5, 0.6) is 5.75 Å². The molecule has 138 valence electrons. The lowest BCUT2D eigenvalue weighted by atomic mass is 9.78. The van der Waals surface area contributed by atoms with Crippen LogP contribution in [0.3, 0.4) is 0 Å². The Balaban J connectivity index is 1.71. The van der Waals surface area contributed by atoms with Crippen molar-refractivity contribution < 1.29 is 19.1 Å². The Bertz CT molecular complexity index is 623. The number of nitrogens with one attached hydrogen (secondary N) is 1. The van der Waals surface area contributed by atoms with Crippen LogP contribution in [-0.2, 0) is 14.3 Å². The lowest BCUT2D eigenvalue weighted by Crippen LogP contribution is -2.45. The van der Waals surface area contributed by atoms with Gasteiger partial charge in [0.05, 0.1) is 5.02 Å². The Morgan fingerprint density at radius 3 is 2.68 bits per heavy atom. The van der Waals surface area contributed by atoms with Gasteiger partial charge in [-0.3, -0.25) is 4.79 Å². The summed E-state index contributed by atoms with van der Waals surface area (Å²) in [6.07, 6.45) is 3.25. The van der Waals surface area contributed by atoms with E-state index in [9.17, 15) is 9.59 Å². The smallest absolute Gasteiger partial charge is 0.344 e. The van der Waals surface area contributed by atoms with Crippen LogP contribution in [0.2, 0.25) is 10.0 Å². The van der Waals surface area contributed by atoms with Crippen LogP contribution in [0, 0.1) is 11.8 Å². The third-order valence-corrected chi connectivity index (χ3v) is 5.19. The third kappa shape index (κ3) is 6.08. The zero-order valence-corrected chi connectivity index (χ0v) is 15.9. The molecule has 0 radical (unpaired) electrons. The molecule has 0 aromatic heterocycles. The fourth-order valence-electron chi connectivity index (χ4n) is 2.95. The van der Waals surface area contributed by atoms with Crippen molar-refractivity contribution >= 4 is 35.1 Å². The highest BCUT2D eigenvalue weighted by atomic mass is 35.5. The second-order valence-corrected chi connectivity index (χ2v) is 7.31. The molecule has 1 saturated carbocycles. The number of rotatable bonds is 6. The third-order valence-electron chi connectivity index (χ3n) is 4.66. The molecule has 1 aliphatic rings. The van der Waals surface area contributed by atoms with E-state index in [4.69, 9.17) is 32.7 Å². The number of benzene rings is 1. The molecule has 3 atom stereocenters. The summed E-state index contributed by atoms with van der Waals surface area (Å²) in [5.41, 5.74) is 0. The minimum Gasteiger partial charge on any atom is -0.480 e. The maximum Gasteiger partial charge on any atom is 0.344 e. The molecule has 1 aromatic rings. The summed E-state index contributed by atoms with van der Waals surface area (Å²) in [7, 11) is 0. The Hall–Kier alpha value is -1.46. The van der Waals surface area contributed by atoms with Gasteiger partial charge in [-0.1, -0.05) is 49.9 Å². The van der Waals surface area contributed by atoms with Crippen molar-refractivity contribution in [2.45, 2.75) is 39.2 Å². The number of esters is 1. The summed E-state index contributed by atoms with van der Waals surface area (Å²) in [4.78, 5) is 23.7. The second kappa shape index (κ2) is 9.30. The first-order valence-electron chi connectivity index (χ1n) is 8.39. The van der Waals surface area contributed by atoms with Gasteiger partial charge in [0.25, 0.3) is 5.91 Å². The van der Waals surface area contributed by atoms with Crippen LogP contribution >= 0.6 is 23.2 Å². The lowest BCUT2D eigenvalue weighted by molar-refractivity contribution is -0.150. The first-order chi connectivity index (χ1) is 11.9. The van der Waals surface area contributed by atoms with Crippen molar-refractivity contribution in [3.05, 3.63) is 28.2 Å². The van der Waals surface area contributed by atoms with Gasteiger partial charge < -0.3 is 14.8 Å². The van der Waals surface area contributed by atoms with Crippen LogP contribution in [-0.4, -0.2) is 31.1 Å². The summed E-state index contributed by atoms with van der Waals surface area (Å²) >= 11 is 11.7. The number of hydrogen-bond acceptors (Lipinski definition) is 4. The Kier molecular flexibility index (Phi) is 7.38. The van der Waals surface area contributed by atoms with Gasteiger partial charge in [-0.05, 0) is 36.5 Å². The van der Waals surface area contributed by atoms with Gasteiger partial charge in [0.2, 0.25) is 0 Å². The minimum absolute atomic E-state index is 0.138. The number of hydrogen-bond donors (Lipinski definition) is 1. The molecule has 1 N–H and O–H groups in total. The monoisotopic (exact) mass is 387 g/mol. The highest BCUT2D eigenvalue weighted by Gasteiger charge is 2.28. The predicted octanol–water partition coefficient (Wildman–Crippen LogP) is 3.86. The molecule has 1 fully saturated rings. The Morgan fingerprint density at radius 2 is 1.96 bits per heavy atom. The van der Waals surface area contributed by atoms with Gasteiger partial charge in [-0.15, -0.1) is 0 Å². The molecule has 0 saturated heterocycles. The molecular weight excluding hydrogens is 365 g/mol. The second-order valence-electron chi connectivity index (χ2n) is 6.47. The first kappa shape index (κ1) is 19.9. The van der Waals surface area contributed by atoms with E-state index in [0.717, 1.165) is 12.8 Å². The molecule has 1 amide bonds. The topological polar surface area (TPSA) is 64.6 Å². The SMILES string of the molecule is C[C@@H]1[C@H](C)CCC[C@@H]1NC(=O)COC(=O)COc1ccc(Cl)cc1Cl.